The summed E-state index contributed by atoms with van der Waals surface area (Å²) in [5, 5.41) is 9.86. The number of hydrogen-bond acceptors (Lipinski definition) is 4. The second-order valence-electron chi connectivity index (χ2n) is 8.84. The molecule has 0 aliphatic heterocycles. The van der Waals surface area contributed by atoms with Crippen molar-refractivity contribution >= 4 is 11.6 Å². The minimum atomic E-state index is 0.242. The molecule has 1 aromatic heterocycles. The first-order valence-corrected chi connectivity index (χ1v) is 12.3. The summed E-state index contributed by atoms with van der Waals surface area (Å²) >= 11 is 5.97. The lowest BCUT2D eigenvalue weighted by atomic mass is 10.1. The maximum absolute atomic E-state index is 9.14. The Labute approximate surface area is 207 Å². The van der Waals surface area contributed by atoms with Crippen LogP contribution in [0.1, 0.15) is 36.1 Å². The van der Waals surface area contributed by atoms with E-state index >= 15 is 0 Å². The van der Waals surface area contributed by atoms with Gasteiger partial charge in [0.15, 0.2) is 0 Å². The molecule has 5 heteroatoms. The van der Waals surface area contributed by atoms with E-state index in [-0.39, 0.29) is 6.61 Å². The van der Waals surface area contributed by atoms with E-state index in [1.165, 1.54) is 12.8 Å². The van der Waals surface area contributed by atoms with Crippen LogP contribution in [-0.2, 0) is 0 Å². The number of rotatable bonds is 10. The van der Waals surface area contributed by atoms with Crippen LogP contribution in [0.5, 0.6) is 5.75 Å². The van der Waals surface area contributed by atoms with E-state index < -0.39 is 0 Å². The predicted octanol–water partition coefficient (Wildman–Crippen LogP) is 5.58. The molecule has 0 bridgehead atoms. The molecular weight excluding hydrogens is 444 g/mol. The molecule has 4 nitrogen and oxygen atoms in total. The van der Waals surface area contributed by atoms with Crippen LogP contribution in [0.3, 0.4) is 0 Å². The Balaban J connectivity index is 1.32. The van der Waals surface area contributed by atoms with Gasteiger partial charge in [0.05, 0.1) is 0 Å². The molecule has 2 aromatic carbocycles. The Hall–Kier alpha value is -2.84. The van der Waals surface area contributed by atoms with Gasteiger partial charge in [0.1, 0.15) is 18.1 Å². The van der Waals surface area contributed by atoms with Crippen molar-refractivity contribution < 1.29 is 9.84 Å². The lowest BCUT2D eigenvalue weighted by Gasteiger charge is -2.22. The predicted molar refractivity (Wildman–Crippen MR) is 138 cm³/mol. The van der Waals surface area contributed by atoms with Crippen LogP contribution in [0.25, 0.3) is 11.1 Å². The summed E-state index contributed by atoms with van der Waals surface area (Å²) in [5.74, 6) is 8.08. The van der Waals surface area contributed by atoms with E-state index in [0.29, 0.717) is 6.61 Å². The highest BCUT2D eigenvalue weighted by Gasteiger charge is 2.23. The summed E-state index contributed by atoms with van der Waals surface area (Å²) in [5.41, 5.74) is 4.85. The van der Waals surface area contributed by atoms with Crippen LogP contribution in [0, 0.1) is 24.7 Å². The smallest absolute Gasteiger partial charge is 0.122 e. The molecule has 1 aliphatic rings. The van der Waals surface area contributed by atoms with Crippen LogP contribution in [-0.4, -0.2) is 47.8 Å². The molecule has 0 spiro atoms. The van der Waals surface area contributed by atoms with E-state index in [9.17, 15) is 0 Å². The van der Waals surface area contributed by atoms with E-state index in [2.05, 4.69) is 27.8 Å². The van der Waals surface area contributed by atoms with Gasteiger partial charge in [-0.2, -0.15) is 0 Å². The van der Waals surface area contributed by atoms with Crippen LogP contribution in [0.2, 0.25) is 5.02 Å². The number of hydrogen-bond donors (Lipinski definition) is 1. The number of halogens is 1. The molecule has 3 aromatic rings. The molecule has 4 rings (SSSR count). The topological polar surface area (TPSA) is 45.6 Å². The van der Waals surface area contributed by atoms with Gasteiger partial charge < -0.3 is 9.84 Å². The maximum Gasteiger partial charge on any atom is 0.122 e. The number of ether oxygens (including phenoxy) is 1. The van der Waals surface area contributed by atoms with Crippen LogP contribution in [0.15, 0.2) is 60.8 Å². The average Bonchev–Trinajstić information content (AvgIpc) is 3.67. The van der Waals surface area contributed by atoms with E-state index in [1.54, 1.807) is 0 Å². The monoisotopic (exact) mass is 474 g/mol. The summed E-state index contributed by atoms with van der Waals surface area (Å²) in [6.07, 6.45) is 5.32. The molecule has 0 radical (unpaired) electrons. The first-order chi connectivity index (χ1) is 16.6. The fraction of sp³-hybridized carbons (Fsp3) is 0.345. The molecule has 0 atom stereocenters. The number of nitrogens with zero attached hydrogens (tertiary/aromatic N) is 2. The zero-order valence-corrected chi connectivity index (χ0v) is 20.4. The Bertz CT molecular complexity index is 1130. The lowest BCUT2D eigenvalue weighted by Crippen LogP contribution is -2.32. The van der Waals surface area contributed by atoms with Crippen molar-refractivity contribution in [3.63, 3.8) is 0 Å². The third kappa shape index (κ3) is 7.33. The molecular formula is C29H31ClN2O2. The lowest BCUT2D eigenvalue weighted by molar-refractivity contribution is 0.183. The number of benzene rings is 2. The summed E-state index contributed by atoms with van der Waals surface area (Å²) in [7, 11) is 0. The Morgan fingerprint density at radius 3 is 2.50 bits per heavy atom. The van der Waals surface area contributed by atoms with Crippen molar-refractivity contribution in [1.29, 1.82) is 0 Å². The molecule has 1 N–H and O–H groups in total. The first-order valence-electron chi connectivity index (χ1n) is 11.9. The average molecular weight is 475 g/mol. The van der Waals surface area contributed by atoms with Crippen molar-refractivity contribution in [2.24, 2.45) is 5.92 Å². The minimum absolute atomic E-state index is 0.242. The molecule has 1 heterocycles. The van der Waals surface area contributed by atoms with Gasteiger partial charge in [-0.3, -0.25) is 4.90 Å². The number of aryl methyl sites for hydroxylation is 1. The summed E-state index contributed by atoms with van der Waals surface area (Å²) < 4.78 is 6.06. The second kappa shape index (κ2) is 12.0. The number of pyridine rings is 1. The van der Waals surface area contributed by atoms with E-state index in [0.717, 1.165) is 70.7 Å². The van der Waals surface area contributed by atoms with Crippen molar-refractivity contribution in [1.82, 2.24) is 9.88 Å². The highest BCUT2D eigenvalue weighted by atomic mass is 35.5. The minimum Gasteiger partial charge on any atom is -0.492 e. The number of aliphatic hydroxyl groups is 1. The molecule has 1 fully saturated rings. The fourth-order valence-electron chi connectivity index (χ4n) is 3.85. The quantitative estimate of drug-likeness (QED) is 0.389. The van der Waals surface area contributed by atoms with Crippen molar-refractivity contribution in [3.05, 3.63) is 82.6 Å². The van der Waals surface area contributed by atoms with Gasteiger partial charge in [0, 0.05) is 48.6 Å². The molecule has 1 aliphatic carbocycles. The van der Waals surface area contributed by atoms with Crippen molar-refractivity contribution in [3.8, 4) is 28.7 Å². The third-order valence-electron chi connectivity index (χ3n) is 5.96. The van der Waals surface area contributed by atoms with Crippen molar-refractivity contribution in [2.75, 3.05) is 32.8 Å². The second-order valence-corrected chi connectivity index (χ2v) is 9.28. The molecule has 34 heavy (non-hydrogen) atoms. The van der Waals surface area contributed by atoms with Gasteiger partial charge in [-0.15, -0.1) is 0 Å². The van der Waals surface area contributed by atoms with E-state index in [4.69, 9.17) is 21.4 Å². The Morgan fingerprint density at radius 2 is 1.82 bits per heavy atom. The molecule has 1 saturated carbocycles. The van der Waals surface area contributed by atoms with Gasteiger partial charge in [0.2, 0.25) is 0 Å². The van der Waals surface area contributed by atoms with Gasteiger partial charge in [-0.1, -0.05) is 35.7 Å². The van der Waals surface area contributed by atoms with Crippen LogP contribution < -0.4 is 4.74 Å². The van der Waals surface area contributed by atoms with Crippen LogP contribution >= 0.6 is 11.6 Å². The zero-order valence-electron chi connectivity index (χ0n) is 19.6. The molecule has 0 saturated heterocycles. The van der Waals surface area contributed by atoms with Gasteiger partial charge in [0.25, 0.3) is 0 Å². The first kappa shape index (κ1) is 24.3. The van der Waals surface area contributed by atoms with Gasteiger partial charge >= 0.3 is 0 Å². The highest BCUT2D eigenvalue weighted by Crippen LogP contribution is 2.29. The summed E-state index contributed by atoms with van der Waals surface area (Å²) in [6, 6.07) is 17.7. The SMILES string of the molecule is Cc1cc(C#Cc2ccc(-c3ccc(Cl)cc3)cn2)ccc1OCCN(CCCO)CC1CC1. The van der Waals surface area contributed by atoms with Gasteiger partial charge in [-0.25, -0.2) is 4.98 Å². The standard InChI is InChI=1S/C29H31ClN2O2/c1-22-19-23(5-12-28-13-9-26(20-31-28)25-7-10-27(30)11-8-25)6-14-29(22)34-18-16-32(15-2-17-33)21-24-3-4-24/h6-11,13-14,19-20,24,33H,2-4,15-18,21H2,1H3. The van der Waals surface area contributed by atoms with Crippen molar-refractivity contribution in [2.45, 2.75) is 26.2 Å². The summed E-state index contributed by atoms with van der Waals surface area (Å²) in [6.45, 7) is 5.87. The van der Waals surface area contributed by atoms with E-state index in [1.807, 2.05) is 61.7 Å². The largest absolute Gasteiger partial charge is 0.492 e. The van der Waals surface area contributed by atoms with Gasteiger partial charge in [-0.05, 0) is 85.5 Å². The Morgan fingerprint density at radius 1 is 1.03 bits per heavy atom. The fourth-order valence-corrected chi connectivity index (χ4v) is 3.97. The third-order valence-corrected chi connectivity index (χ3v) is 6.21. The number of aliphatic hydroxyl groups excluding tert-OH is 1. The zero-order chi connectivity index (χ0) is 23.8. The molecule has 0 amide bonds. The summed E-state index contributed by atoms with van der Waals surface area (Å²) in [4.78, 5) is 6.89. The molecule has 0 unspecified atom stereocenters. The molecule has 176 valence electrons. The maximum atomic E-state index is 9.14. The normalized spacial score (nSPS) is 12.9. The van der Waals surface area contributed by atoms with Crippen LogP contribution in [0.4, 0.5) is 0 Å². The highest BCUT2D eigenvalue weighted by molar-refractivity contribution is 6.30. The number of aromatic nitrogens is 1. The Kier molecular flexibility index (Phi) is 8.60.